The van der Waals surface area contributed by atoms with Crippen LogP contribution < -0.4 is 11.1 Å². The summed E-state index contributed by atoms with van der Waals surface area (Å²) >= 11 is 0. The van der Waals surface area contributed by atoms with Crippen molar-refractivity contribution in [1.29, 1.82) is 0 Å². The van der Waals surface area contributed by atoms with Crippen molar-refractivity contribution in [2.75, 3.05) is 19.8 Å². The molecule has 0 saturated heterocycles. The van der Waals surface area contributed by atoms with Gasteiger partial charge in [-0.3, -0.25) is 4.79 Å². The van der Waals surface area contributed by atoms with Gasteiger partial charge >= 0.3 is 0 Å². The Kier molecular flexibility index (Phi) is 12.8. The molecule has 27 heavy (non-hydrogen) atoms. The third kappa shape index (κ3) is 12.0. The van der Waals surface area contributed by atoms with Gasteiger partial charge in [-0.25, -0.2) is 0 Å². The summed E-state index contributed by atoms with van der Waals surface area (Å²) in [5, 5.41) is 3.22. The molecule has 4 heteroatoms. The highest BCUT2D eigenvalue weighted by molar-refractivity contribution is 6.18. The van der Waals surface area contributed by atoms with Crippen molar-refractivity contribution in [3.05, 3.63) is 54.2 Å². The smallest absolute Gasteiger partial charge is 0.250 e. The van der Waals surface area contributed by atoms with Crippen molar-refractivity contribution in [3.8, 4) is 0 Å². The Bertz CT molecular complexity index is 567. The molecule has 0 saturated carbocycles. The molecule has 0 aliphatic rings. The number of nitrogens with two attached hydrogens (primary N) is 1. The summed E-state index contributed by atoms with van der Waals surface area (Å²) in [5.41, 5.74) is 7.94. The summed E-state index contributed by atoms with van der Waals surface area (Å²) in [6, 6.07) is 9.52. The monoisotopic (exact) mass is 372 g/mol. The molecule has 3 N–H and O–H groups in total. The molecule has 0 spiro atoms. The van der Waals surface area contributed by atoms with Crippen LogP contribution in [-0.4, -0.2) is 25.7 Å². The number of hydrogen-bond acceptors (Lipinski definition) is 3. The van der Waals surface area contributed by atoms with E-state index < -0.39 is 5.91 Å². The van der Waals surface area contributed by atoms with Crippen molar-refractivity contribution in [2.45, 2.75) is 58.3 Å². The van der Waals surface area contributed by atoms with Crippen LogP contribution in [0.25, 0.3) is 5.57 Å². The lowest BCUT2D eigenvalue weighted by Gasteiger charge is -2.06. The quantitative estimate of drug-likeness (QED) is 0.248. The minimum Gasteiger partial charge on any atom is -0.390 e. The summed E-state index contributed by atoms with van der Waals surface area (Å²) in [7, 11) is 0. The standard InChI is InChI=1S/C23H36N2O2/c1-20(2)19-27-17-13-8-6-4-3-5-7-12-16-25-18-22(23(24)26)21-14-10-9-11-15-21/h9-11,14-15,18,25H,1,3-8,12-13,16-17,19H2,2H3,(H2,24,26)/b22-18-. The second-order valence-electron chi connectivity index (χ2n) is 7.08. The predicted molar refractivity (Wildman–Crippen MR) is 114 cm³/mol. The van der Waals surface area contributed by atoms with Gasteiger partial charge in [0.05, 0.1) is 12.2 Å². The van der Waals surface area contributed by atoms with Crippen molar-refractivity contribution in [1.82, 2.24) is 5.32 Å². The zero-order chi connectivity index (χ0) is 19.7. The summed E-state index contributed by atoms with van der Waals surface area (Å²) in [5.74, 6) is -0.404. The molecular formula is C23H36N2O2. The highest BCUT2D eigenvalue weighted by atomic mass is 16.5. The first-order valence-electron chi connectivity index (χ1n) is 10.1. The highest BCUT2D eigenvalue weighted by Crippen LogP contribution is 2.12. The highest BCUT2D eigenvalue weighted by Gasteiger charge is 2.06. The molecule has 0 radical (unpaired) electrons. The lowest BCUT2D eigenvalue weighted by molar-refractivity contribution is -0.112. The van der Waals surface area contributed by atoms with Gasteiger partial charge in [0.2, 0.25) is 0 Å². The Morgan fingerprint density at radius 3 is 2.22 bits per heavy atom. The van der Waals surface area contributed by atoms with E-state index in [4.69, 9.17) is 10.5 Å². The van der Waals surface area contributed by atoms with Crippen LogP contribution in [0.1, 0.15) is 63.9 Å². The fourth-order valence-corrected chi connectivity index (χ4v) is 2.83. The Balaban J connectivity index is 1.99. The second kappa shape index (κ2) is 15.0. The van der Waals surface area contributed by atoms with Crippen LogP contribution in [0.3, 0.4) is 0 Å². The van der Waals surface area contributed by atoms with E-state index in [1.165, 1.54) is 38.5 Å². The number of carbonyl (C=O) groups excluding carboxylic acids is 1. The lowest BCUT2D eigenvalue weighted by atomic mass is 10.1. The first-order chi connectivity index (χ1) is 13.1. The van der Waals surface area contributed by atoms with Crippen molar-refractivity contribution < 1.29 is 9.53 Å². The van der Waals surface area contributed by atoms with Crippen LogP contribution in [0.15, 0.2) is 48.7 Å². The molecule has 1 rings (SSSR count). The summed E-state index contributed by atoms with van der Waals surface area (Å²) in [4.78, 5) is 11.6. The number of primary amides is 1. The fraction of sp³-hybridized carbons (Fsp3) is 0.522. The maximum Gasteiger partial charge on any atom is 0.250 e. The molecule has 1 aromatic rings. The molecule has 4 nitrogen and oxygen atoms in total. The average molecular weight is 373 g/mol. The van der Waals surface area contributed by atoms with E-state index in [2.05, 4.69) is 11.9 Å². The number of rotatable bonds is 16. The third-order valence-corrected chi connectivity index (χ3v) is 4.30. The number of amides is 1. The van der Waals surface area contributed by atoms with Crippen LogP contribution in [0, 0.1) is 0 Å². The first-order valence-corrected chi connectivity index (χ1v) is 10.1. The molecule has 1 aromatic carbocycles. The molecule has 150 valence electrons. The van der Waals surface area contributed by atoms with Gasteiger partial charge in [0, 0.05) is 19.4 Å². The van der Waals surface area contributed by atoms with Crippen molar-refractivity contribution in [3.63, 3.8) is 0 Å². The third-order valence-electron chi connectivity index (χ3n) is 4.30. The molecule has 0 heterocycles. The number of unbranched alkanes of at least 4 members (excludes halogenated alkanes) is 7. The molecule has 0 aliphatic carbocycles. The Hall–Kier alpha value is -2.07. The zero-order valence-electron chi connectivity index (χ0n) is 16.8. The molecule has 1 amide bonds. The summed E-state index contributed by atoms with van der Waals surface area (Å²) < 4.78 is 5.50. The van der Waals surface area contributed by atoms with Crippen LogP contribution in [0.5, 0.6) is 0 Å². The first kappa shape index (κ1) is 23.0. The fourth-order valence-electron chi connectivity index (χ4n) is 2.83. The van der Waals surface area contributed by atoms with E-state index in [1.54, 1.807) is 6.20 Å². The van der Waals surface area contributed by atoms with E-state index in [-0.39, 0.29) is 0 Å². The van der Waals surface area contributed by atoms with E-state index in [0.29, 0.717) is 12.2 Å². The van der Waals surface area contributed by atoms with Crippen LogP contribution in [-0.2, 0) is 9.53 Å². The summed E-state index contributed by atoms with van der Waals surface area (Å²) in [6.07, 6.45) is 11.6. The van der Waals surface area contributed by atoms with Gasteiger partial charge in [0.25, 0.3) is 5.91 Å². The molecule has 0 atom stereocenters. The van der Waals surface area contributed by atoms with E-state index >= 15 is 0 Å². The number of ether oxygens (including phenoxy) is 1. The van der Waals surface area contributed by atoms with Gasteiger partial charge in [-0.15, -0.1) is 0 Å². The number of nitrogens with one attached hydrogen (secondary N) is 1. The Morgan fingerprint density at radius 1 is 1.04 bits per heavy atom. The van der Waals surface area contributed by atoms with Crippen LogP contribution in [0.4, 0.5) is 0 Å². The van der Waals surface area contributed by atoms with Gasteiger partial charge in [0.15, 0.2) is 0 Å². The van der Waals surface area contributed by atoms with Crippen LogP contribution >= 0.6 is 0 Å². The molecule has 0 aromatic heterocycles. The van der Waals surface area contributed by atoms with Gasteiger partial charge in [-0.05, 0) is 25.3 Å². The predicted octanol–water partition coefficient (Wildman–Crippen LogP) is 4.82. The normalized spacial score (nSPS) is 11.4. The molecule has 0 unspecified atom stereocenters. The largest absolute Gasteiger partial charge is 0.390 e. The topological polar surface area (TPSA) is 64.3 Å². The molecule has 0 fully saturated rings. The van der Waals surface area contributed by atoms with Gasteiger partial charge in [-0.2, -0.15) is 0 Å². The minimum atomic E-state index is -0.404. The van der Waals surface area contributed by atoms with Crippen LogP contribution in [0.2, 0.25) is 0 Å². The van der Waals surface area contributed by atoms with E-state index in [9.17, 15) is 4.79 Å². The summed E-state index contributed by atoms with van der Waals surface area (Å²) in [6.45, 7) is 8.22. The maximum absolute atomic E-state index is 11.6. The number of hydrogen-bond donors (Lipinski definition) is 2. The van der Waals surface area contributed by atoms with Gasteiger partial charge in [-0.1, -0.05) is 81.0 Å². The molecular weight excluding hydrogens is 336 g/mol. The Morgan fingerprint density at radius 2 is 1.63 bits per heavy atom. The van der Waals surface area contributed by atoms with Gasteiger partial charge in [0.1, 0.15) is 0 Å². The Labute approximate surface area is 164 Å². The van der Waals surface area contributed by atoms with Crippen molar-refractivity contribution in [2.24, 2.45) is 5.73 Å². The average Bonchev–Trinajstić information content (AvgIpc) is 2.65. The number of benzene rings is 1. The molecule has 0 bridgehead atoms. The minimum absolute atomic E-state index is 0.404. The second-order valence-corrected chi connectivity index (χ2v) is 7.08. The lowest BCUT2D eigenvalue weighted by Crippen LogP contribution is -2.17. The SMILES string of the molecule is C=C(C)COCCCCCCCCCCN/C=C(\C(N)=O)c1ccccc1. The van der Waals surface area contributed by atoms with Crippen molar-refractivity contribution >= 4 is 11.5 Å². The zero-order valence-corrected chi connectivity index (χ0v) is 16.8. The molecule has 0 aliphatic heterocycles. The van der Waals surface area contributed by atoms with Gasteiger partial charge < -0.3 is 15.8 Å². The number of carbonyl (C=O) groups is 1. The maximum atomic E-state index is 11.6. The van der Waals surface area contributed by atoms with E-state index in [0.717, 1.165) is 37.1 Å². The van der Waals surface area contributed by atoms with E-state index in [1.807, 2.05) is 37.3 Å².